The molecule has 0 saturated heterocycles. The van der Waals surface area contributed by atoms with Crippen LogP contribution in [0.5, 0.6) is 0 Å². The van der Waals surface area contributed by atoms with Gasteiger partial charge in [0.05, 0.1) is 34.4 Å². The Morgan fingerprint density at radius 3 is 0.920 bits per heavy atom. The van der Waals surface area contributed by atoms with E-state index in [2.05, 4.69) is 160 Å². The van der Waals surface area contributed by atoms with Crippen LogP contribution >= 0.6 is 0 Å². The van der Waals surface area contributed by atoms with Gasteiger partial charge in [-0.25, -0.2) is 4.79 Å². The number of quaternary nitrogens is 1. The monoisotopic (exact) mass is 1210 g/mol. The van der Waals surface area contributed by atoms with Crippen molar-refractivity contribution in [1.29, 1.82) is 0 Å². The second-order valence-electron chi connectivity index (χ2n) is 24.1. The third kappa shape index (κ3) is 68.5. The first-order valence-corrected chi connectivity index (χ1v) is 35.0. The summed E-state index contributed by atoms with van der Waals surface area (Å²) in [6, 6.07) is 0. The highest BCUT2D eigenvalue weighted by molar-refractivity contribution is 5.71. The molecule has 494 valence electrons. The number of allylic oxidation sites excluding steroid dienone is 24. The summed E-state index contributed by atoms with van der Waals surface area (Å²) in [5, 5.41) is 9.74. The molecule has 0 radical (unpaired) electrons. The van der Waals surface area contributed by atoms with E-state index in [0.717, 1.165) is 122 Å². The van der Waals surface area contributed by atoms with Crippen molar-refractivity contribution < 1.29 is 42.9 Å². The molecule has 9 heteroatoms. The van der Waals surface area contributed by atoms with Gasteiger partial charge < -0.3 is 28.5 Å². The van der Waals surface area contributed by atoms with Gasteiger partial charge in [0.2, 0.25) is 0 Å². The molecule has 0 aromatic rings. The van der Waals surface area contributed by atoms with Gasteiger partial charge in [-0.3, -0.25) is 9.59 Å². The van der Waals surface area contributed by atoms with Crippen LogP contribution in [0.3, 0.4) is 0 Å². The zero-order valence-electron chi connectivity index (χ0n) is 56.4. The lowest BCUT2D eigenvalue weighted by Crippen LogP contribution is -2.40. The average Bonchev–Trinajstić information content (AvgIpc) is 3.55. The fourth-order valence-electron chi connectivity index (χ4n) is 9.32. The Morgan fingerprint density at radius 2 is 0.621 bits per heavy atom. The molecular formula is C78H130NO8+. The van der Waals surface area contributed by atoms with Gasteiger partial charge in [-0.15, -0.1) is 0 Å². The van der Waals surface area contributed by atoms with Crippen LogP contribution in [-0.2, 0) is 33.3 Å². The van der Waals surface area contributed by atoms with E-state index in [1.54, 1.807) is 0 Å². The Balaban J connectivity index is 4.11. The summed E-state index contributed by atoms with van der Waals surface area (Å²) in [5.41, 5.74) is 0. The van der Waals surface area contributed by atoms with Crippen LogP contribution in [-0.4, -0.2) is 87.4 Å². The number of carbonyl (C=O) groups is 3. The number of unbranched alkanes of at least 4 members (excludes halogenated alkanes) is 24. The van der Waals surface area contributed by atoms with Crippen LogP contribution in [0.1, 0.15) is 271 Å². The first kappa shape index (κ1) is 82.2. The number of esters is 2. The van der Waals surface area contributed by atoms with Crippen molar-refractivity contribution in [3.63, 3.8) is 0 Å². The van der Waals surface area contributed by atoms with E-state index in [0.29, 0.717) is 17.4 Å². The van der Waals surface area contributed by atoms with Crippen LogP contribution in [0.25, 0.3) is 0 Å². The Labute approximate surface area is 534 Å². The van der Waals surface area contributed by atoms with Gasteiger partial charge in [0.25, 0.3) is 6.29 Å². The van der Waals surface area contributed by atoms with Crippen LogP contribution in [0.4, 0.5) is 0 Å². The number of likely N-dealkylation sites (N-methyl/N-ethyl adjacent to an activating group) is 1. The van der Waals surface area contributed by atoms with Crippen molar-refractivity contribution >= 4 is 17.9 Å². The van der Waals surface area contributed by atoms with E-state index in [1.165, 1.54) is 116 Å². The maximum absolute atomic E-state index is 12.9. The van der Waals surface area contributed by atoms with Gasteiger partial charge in [0.15, 0.2) is 6.10 Å². The normalized spacial score (nSPS) is 13.6. The molecule has 0 aliphatic rings. The van der Waals surface area contributed by atoms with Crippen LogP contribution in [0.15, 0.2) is 146 Å². The average molecular weight is 1210 g/mol. The van der Waals surface area contributed by atoms with Gasteiger partial charge in [-0.1, -0.05) is 288 Å². The minimum absolute atomic E-state index is 0.180. The summed E-state index contributed by atoms with van der Waals surface area (Å²) in [6.45, 7) is 4.64. The number of ether oxygens (including phenoxy) is 4. The molecule has 0 bridgehead atoms. The minimum Gasteiger partial charge on any atom is -0.477 e. The van der Waals surface area contributed by atoms with Crippen LogP contribution in [0.2, 0.25) is 0 Å². The third-order valence-corrected chi connectivity index (χ3v) is 14.6. The first-order valence-electron chi connectivity index (χ1n) is 35.0. The molecule has 0 spiro atoms. The number of hydrogen-bond donors (Lipinski definition) is 1. The predicted molar refractivity (Wildman–Crippen MR) is 373 cm³/mol. The Kier molecular flexibility index (Phi) is 63.4. The standard InChI is InChI=1S/C78H129NO8/c1-6-8-10-12-14-16-18-20-22-24-26-28-30-31-32-33-34-35-36-37-38-39-40-41-42-43-44-45-47-49-51-53-55-57-59-61-63-65-67-69-76(81)87-74(73-86-78(77(82)83)84-71-70-79(3,4)5)72-85-75(80)68-66-64-62-60-58-56-54-52-50-48-46-29-27-25-23-21-19-17-15-13-11-9-7-2/h8-11,14-17,20-23,26-29,31-32,34-35,37-38,48,50,74,78H,6-7,12-13,18-19,24-25,30,33,36,39-47,49,51-73H2,1-5H3/p+1/b10-8-,11-9-,16-14-,17-15-,22-20-,23-21-,28-26-,29-27-,32-31-,35-34-,38-37-,50-48-. The van der Waals surface area contributed by atoms with Crippen LogP contribution < -0.4 is 0 Å². The number of hydrogen-bond acceptors (Lipinski definition) is 7. The molecule has 9 nitrogen and oxygen atoms in total. The lowest BCUT2D eigenvalue weighted by molar-refractivity contribution is -0.870. The van der Waals surface area contributed by atoms with Crippen molar-refractivity contribution in [1.82, 2.24) is 0 Å². The highest BCUT2D eigenvalue weighted by Gasteiger charge is 2.25. The summed E-state index contributed by atoms with van der Waals surface area (Å²) < 4.78 is 23.0. The highest BCUT2D eigenvalue weighted by Crippen LogP contribution is 2.17. The van der Waals surface area contributed by atoms with Crippen LogP contribution in [0, 0.1) is 0 Å². The smallest absolute Gasteiger partial charge is 0.361 e. The molecule has 2 unspecified atom stereocenters. The van der Waals surface area contributed by atoms with E-state index < -0.39 is 24.3 Å². The number of aliphatic carboxylic acids is 1. The second kappa shape index (κ2) is 67.1. The topological polar surface area (TPSA) is 108 Å². The largest absolute Gasteiger partial charge is 0.477 e. The lowest BCUT2D eigenvalue weighted by atomic mass is 10.0. The Morgan fingerprint density at radius 1 is 0.345 bits per heavy atom. The van der Waals surface area contributed by atoms with Gasteiger partial charge >= 0.3 is 17.9 Å². The van der Waals surface area contributed by atoms with Gasteiger partial charge in [0.1, 0.15) is 13.2 Å². The number of carboxylic acids is 1. The number of carbonyl (C=O) groups excluding carboxylic acids is 2. The minimum atomic E-state index is -1.52. The molecule has 0 heterocycles. The maximum Gasteiger partial charge on any atom is 0.361 e. The summed E-state index contributed by atoms with van der Waals surface area (Å²) in [7, 11) is 5.97. The molecule has 0 aromatic heterocycles. The molecule has 87 heavy (non-hydrogen) atoms. The zero-order chi connectivity index (χ0) is 63.3. The fraction of sp³-hybridized carbons (Fsp3) is 0.654. The maximum atomic E-state index is 12.9. The van der Waals surface area contributed by atoms with Gasteiger partial charge in [-0.05, 0) is 116 Å². The molecule has 2 atom stereocenters. The molecule has 0 amide bonds. The van der Waals surface area contributed by atoms with Gasteiger partial charge in [0, 0.05) is 12.8 Å². The summed E-state index contributed by atoms with van der Waals surface area (Å²) in [4.78, 5) is 37.6. The van der Waals surface area contributed by atoms with E-state index >= 15 is 0 Å². The fourth-order valence-corrected chi connectivity index (χ4v) is 9.32. The molecular weight excluding hydrogens is 1080 g/mol. The van der Waals surface area contributed by atoms with E-state index in [9.17, 15) is 19.5 Å². The predicted octanol–water partition coefficient (Wildman–Crippen LogP) is 21.9. The number of carboxylic acid groups (broad SMARTS) is 1. The quantitative estimate of drug-likeness (QED) is 0.0211. The Bertz CT molecular complexity index is 1940. The molecule has 0 rings (SSSR count). The van der Waals surface area contributed by atoms with E-state index in [-0.39, 0.29) is 38.6 Å². The number of rotatable bonds is 63. The second-order valence-corrected chi connectivity index (χ2v) is 24.1. The van der Waals surface area contributed by atoms with Crippen molar-refractivity contribution in [3.05, 3.63) is 146 Å². The van der Waals surface area contributed by atoms with Crippen molar-refractivity contribution in [2.75, 3.05) is 47.5 Å². The SMILES string of the molecule is CC/C=C\C/C=C\C/C=C\C/C=C\C/C=C\C/C=C\C/C=C\CCCCCCCCCCCCCCCCCCCC(=O)OC(COC(=O)CCCCCCCCC/C=C\C/C=C\C/C=C\C/C=C\C/C=C\CC)COC(OCC[N+](C)(C)C)C(=O)O. The lowest BCUT2D eigenvalue weighted by Gasteiger charge is -2.25. The molecule has 1 N–H and O–H groups in total. The molecule has 0 aliphatic carbocycles. The van der Waals surface area contributed by atoms with E-state index in [1.807, 2.05) is 21.1 Å². The highest BCUT2D eigenvalue weighted by atomic mass is 16.7. The summed E-state index contributed by atoms with van der Waals surface area (Å²) in [6.07, 6.45) is 95.3. The van der Waals surface area contributed by atoms with Crippen molar-refractivity contribution in [2.24, 2.45) is 0 Å². The molecule has 0 aliphatic heterocycles. The number of nitrogens with zero attached hydrogens (tertiary/aromatic N) is 1. The zero-order valence-corrected chi connectivity index (χ0v) is 56.4. The van der Waals surface area contributed by atoms with Crippen molar-refractivity contribution in [3.8, 4) is 0 Å². The molecule has 0 aromatic carbocycles. The summed E-state index contributed by atoms with van der Waals surface area (Å²) >= 11 is 0. The van der Waals surface area contributed by atoms with E-state index in [4.69, 9.17) is 18.9 Å². The first-order chi connectivity index (χ1) is 42.6. The molecule has 0 saturated carbocycles. The van der Waals surface area contributed by atoms with Gasteiger partial charge in [-0.2, -0.15) is 0 Å². The molecule has 0 fully saturated rings. The Hall–Kier alpha value is -4.83. The van der Waals surface area contributed by atoms with Crippen molar-refractivity contribution in [2.45, 2.75) is 283 Å². The summed E-state index contributed by atoms with van der Waals surface area (Å²) in [5.74, 6) is -2.02. The third-order valence-electron chi connectivity index (χ3n) is 14.6.